The Morgan fingerprint density at radius 1 is 1.23 bits per heavy atom. The number of H-pyrrole nitrogens is 1. The van der Waals surface area contributed by atoms with Gasteiger partial charge in [0.2, 0.25) is 0 Å². The molecule has 1 aliphatic rings. The van der Waals surface area contributed by atoms with Gasteiger partial charge in [-0.1, -0.05) is 12.1 Å². The van der Waals surface area contributed by atoms with Gasteiger partial charge in [-0.25, -0.2) is 4.98 Å². The summed E-state index contributed by atoms with van der Waals surface area (Å²) in [6.45, 7) is 4.26. The molecule has 0 aliphatic carbocycles. The number of likely N-dealkylation sites (tertiary alicyclic amines) is 1. The highest BCUT2D eigenvalue weighted by atomic mass is 19.4. The van der Waals surface area contributed by atoms with Gasteiger partial charge in [-0.05, 0) is 55.7 Å². The largest absolute Gasteiger partial charge is 0.433 e. The van der Waals surface area contributed by atoms with Crippen LogP contribution >= 0.6 is 0 Å². The number of nitrogens with zero attached hydrogens (tertiary/aromatic N) is 2. The number of piperidine rings is 1. The van der Waals surface area contributed by atoms with Crippen LogP contribution in [0.2, 0.25) is 0 Å². The van der Waals surface area contributed by atoms with Crippen molar-refractivity contribution in [2.75, 3.05) is 19.7 Å². The maximum absolute atomic E-state index is 13.0. The number of nitrogens with one attached hydrogen (secondary N) is 1. The van der Waals surface area contributed by atoms with Gasteiger partial charge in [0.15, 0.2) is 0 Å². The first kappa shape index (κ1) is 21.4. The number of pyridine rings is 1. The number of amides is 1. The van der Waals surface area contributed by atoms with Crippen molar-refractivity contribution in [2.24, 2.45) is 0 Å². The summed E-state index contributed by atoms with van der Waals surface area (Å²) < 4.78 is 44.2. The topological polar surface area (TPSA) is 58.2 Å². The monoisotopic (exact) mass is 431 g/mol. The van der Waals surface area contributed by atoms with Crippen LogP contribution in [-0.2, 0) is 17.5 Å². The molecule has 1 aliphatic heterocycles. The zero-order valence-corrected chi connectivity index (χ0v) is 17.2. The van der Waals surface area contributed by atoms with E-state index in [9.17, 15) is 18.0 Å². The Morgan fingerprint density at radius 2 is 2.00 bits per heavy atom. The average molecular weight is 431 g/mol. The molecule has 1 atom stereocenters. The molecule has 0 saturated carbocycles. The Bertz CT molecular complexity index is 1060. The van der Waals surface area contributed by atoms with Gasteiger partial charge >= 0.3 is 6.18 Å². The van der Waals surface area contributed by atoms with Crippen LogP contribution in [-0.4, -0.2) is 40.5 Å². The molecule has 31 heavy (non-hydrogen) atoms. The van der Waals surface area contributed by atoms with Crippen molar-refractivity contribution in [3.05, 3.63) is 65.0 Å². The Balaban J connectivity index is 1.48. The van der Waals surface area contributed by atoms with E-state index in [2.05, 4.69) is 9.97 Å². The summed E-state index contributed by atoms with van der Waals surface area (Å²) >= 11 is 0. The number of rotatable bonds is 5. The van der Waals surface area contributed by atoms with Gasteiger partial charge in [0, 0.05) is 36.9 Å². The molecule has 8 heteroatoms. The van der Waals surface area contributed by atoms with Gasteiger partial charge in [0.1, 0.15) is 5.69 Å². The van der Waals surface area contributed by atoms with Crippen molar-refractivity contribution in [3.8, 4) is 0 Å². The van der Waals surface area contributed by atoms with Crippen LogP contribution < -0.4 is 0 Å². The minimum atomic E-state index is -4.47. The molecule has 1 saturated heterocycles. The lowest BCUT2D eigenvalue weighted by Crippen LogP contribution is -2.39. The lowest BCUT2D eigenvalue weighted by molar-refractivity contribution is -0.140. The molecule has 1 fully saturated rings. The number of carbonyl (C=O) groups excluding carboxylic acids is 1. The Kier molecular flexibility index (Phi) is 6.00. The first-order valence-electron chi connectivity index (χ1n) is 10.4. The van der Waals surface area contributed by atoms with E-state index >= 15 is 0 Å². The summed E-state index contributed by atoms with van der Waals surface area (Å²) in [6, 6.07) is 11.5. The third-order valence-corrected chi connectivity index (χ3v) is 5.61. The highest BCUT2D eigenvalue weighted by Gasteiger charge is 2.33. The minimum absolute atomic E-state index is 0.0264. The third-order valence-electron chi connectivity index (χ3n) is 5.61. The summed E-state index contributed by atoms with van der Waals surface area (Å²) in [4.78, 5) is 21.7. The van der Waals surface area contributed by atoms with E-state index in [0.717, 1.165) is 30.2 Å². The average Bonchev–Trinajstić information content (AvgIpc) is 3.21. The quantitative estimate of drug-likeness (QED) is 0.609. The minimum Gasteiger partial charge on any atom is -0.377 e. The van der Waals surface area contributed by atoms with Gasteiger partial charge in [-0.3, -0.25) is 4.79 Å². The summed E-state index contributed by atoms with van der Waals surface area (Å²) in [5.41, 5.74) is 2.40. The van der Waals surface area contributed by atoms with E-state index in [-0.39, 0.29) is 17.3 Å². The van der Waals surface area contributed by atoms with Gasteiger partial charge < -0.3 is 14.6 Å². The number of fused-ring (bicyclic) bond motifs is 1. The van der Waals surface area contributed by atoms with E-state index in [1.54, 1.807) is 6.07 Å². The maximum Gasteiger partial charge on any atom is 0.433 e. The molecule has 4 rings (SSSR count). The van der Waals surface area contributed by atoms with E-state index < -0.39 is 11.9 Å². The van der Waals surface area contributed by atoms with Crippen LogP contribution in [0.15, 0.2) is 42.5 Å². The van der Waals surface area contributed by atoms with E-state index in [1.165, 1.54) is 6.07 Å². The number of alkyl halides is 3. The van der Waals surface area contributed by atoms with Crippen LogP contribution in [0.3, 0.4) is 0 Å². The lowest BCUT2D eigenvalue weighted by Gasteiger charge is -2.32. The van der Waals surface area contributed by atoms with Crippen molar-refractivity contribution in [3.63, 3.8) is 0 Å². The molecule has 0 radical (unpaired) electrons. The normalized spacial score (nSPS) is 17.3. The first-order valence-corrected chi connectivity index (χ1v) is 10.4. The molecule has 164 valence electrons. The van der Waals surface area contributed by atoms with Crippen LogP contribution in [0.5, 0.6) is 0 Å². The fourth-order valence-electron chi connectivity index (χ4n) is 3.97. The summed E-state index contributed by atoms with van der Waals surface area (Å²) in [6.07, 6.45) is -2.79. The highest BCUT2D eigenvalue weighted by molar-refractivity contribution is 5.94. The Labute approximate surface area is 178 Å². The van der Waals surface area contributed by atoms with Crippen molar-refractivity contribution in [1.29, 1.82) is 0 Å². The second-order valence-corrected chi connectivity index (χ2v) is 7.78. The molecular formula is C23H24F3N3O2. The van der Waals surface area contributed by atoms with Crippen molar-refractivity contribution >= 4 is 16.9 Å². The van der Waals surface area contributed by atoms with E-state index in [0.29, 0.717) is 37.4 Å². The van der Waals surface area contributed by atoms with Crippen molar-refractivity contribution < 1.29 is 22.7 Å². The van der Waals surface area contributed by atoms with Crippen molar-refractivity contribution in [2.45, 2.75) is 38.5 Å². The van der Waals surface area contributed by atoms with Gasteiger partial charge in [-0.2, -0.15) is 13.2 Å². The second kappa shape index (κ2) is 8.70. The Morgan fingerprint density at radius 3 is 2.71 bits per heavy atom. The summed E-state index contributed by atoms with van der Waals surface area (Å²) in [5, 5.41) is 0. The first-order chi connectivity index (χ1) is 14.8. The lowest BCUT2D eigenvalue weighted by atomic mass is 9.94. The number of ether oxygens (including phenoxy) is 1. The van der Waals surface area contributed by atoms with Crippen LogP contribution in [0.4, 0.5) is 13.2 Å². The highest BCUT2D eigenvalue weighted by Crippen LogP contribution is 2.32. The van der Waals surface area contributed by atoms with Crippen LogP contribution in [0.1, 0.15) is 53.0 Å². The molecule has 1 amide bonds. The predicted molar refractivity (Wildman–Crippen MR) is 111 cm³/mol. The number of hydrogen-bond donors (Lipinski definition) is 1. The summed E-state index contributed by atoms with van der Waals surface area (Å²) in [5.74, 6) is -0.0142. The van der Waals surface area contributed by atoms with E-state index in [4.69, 9.17) is 4.74 Å². The SMILES string of the molecule is CCOCc1ccc(C(=O)N2CCC[C@H](c3cc4nc(C(F)(F)F)ccc4[nH]3)C2)cc1. The van der Waals surface area contributed by atoms with Gasteiger partial charge in [0.25, 0.3) is 5.91 Å². The van der Waals surface area contributed by atoms with E-state index in [1.807, 2.05) is 36.1 Å². The smallest absolute Gasteiger partial charge is 0.377 e. The number of benzene rings is 1. The molecule has 2 aromatic heterocycles. The molecule has 1 N–H and O–H groups in total. The number of aromatic amines is 1. The van der Waals surface area contributed by atoms with Gasteiger partial charge in [0.05, 0.1) is 17.6 Å². The molecule has 1 aromatic carbocycles. The molecule has 3 aromatic rings. The molecule has 3 heterocycles. The zero-order valence-electron chi connectivity index (χ0n) is 17.2. The molecule has 0 bridgehead atoms. The fraction of sp³-hybridized carbons (Fsp3) is 0.391. The Hall–Kier alpha value is -2.87. The number of carbonyl (C=O) groups is 1. The number of halogens is 3. The standard InChI is InChI=1S/C23H24F3N3O2/c1-2-31-14-15-5-7-16(8-6-15)22(30)29-11-3-4-17(13-29)19-12-20-18(27-19)9-10-21(28-20)23(24,25)26/h5-10,12,17,27H,2-4,11,13-14H2,1H3/t17-/m0/s1. The van der Waals surface area contributed by atoms with Crippen molar-refractivity contribution in [1.82, 2.24) is 14.9 Å². The third kappa shape index (κ3) is 4.74. The zero-order chi connectivity index (χ0) is 22.0. The van der Waals surface area contributed by atoms with Crippen LogP contribution in [0.25, 0.3) is 11.0 Å². The predicted octanol–water partition coefficient (Wildman–Crippen LogP) is 5.14. The molecule has 5 nitrogen and oxygen atoms in total. The second-order valence-electron chi connectivity index (χ2n) is 7.78. The van der Waals surface area contributed by atoms with Crippen LogP contribution in [0, 0.1) is 0 Å². The summed E-state index contributed by atoms with van der Waals surface area (Å²) in [7, 11) is 0. The number of aromatic nitrogens is 2. The van der Waals surface area contributed by atoms with Gasteiger partial charge in [-0.15, -0.1) is 0 Å². The molecule has 0 spiro atoms. The fourth-order valence-corrected chi connectivity index (χ4v) is 3.97. The number of hydrogen-bond acceptors (Lipinski definition) is 3. The maximum atomic E-state index is 13.0. The molecular weight excluding hydrogens is 407 g/mol. The molecule has 0 unspecified atom stereocenters.